The van der Waals surface area contributed by atoms with Crippen LogP contribution in [0.1, 0.15) is 5.56 Å². The lowest BCUT2D eigenvalue weighted by Crippen LogP contribution is -2.13. The van der Waals surface area contributed by atoms with Crippen LogP contribution >= 0.6 is 46.6 Å². The number of carbonyl (C=O) groups is 1. The SMILES string of the molecule is O=C(/C=C(\c1cc(Cl)cc(Cl)c1)C(F)(F)F)C1=CC2C(Cl)=CC=CC2S1. The van der Waals surface area contributed by atoms with Crippen LogP contribution in [0.2, 0.25) is 10.0 Å². The summed E-state index contributed by atoms with van der Waals surface area (Å²) in [5.41, 5.74) is -1.36. The van der Waals surface area contributed by atoms with Crippen LogP contribution in [0.25, 0.3) is 5.57 Å². The first-order valence-corrected chi connectivity index (χ1v) is 9.38. The number of halogens is 6. The number of hydrogen-bond acceptors (Lipinski definition) is 2. The maximum Gasteiger partial charge on any atom is 0.417 e. The molecule has 8 heteroatoms. The summed E-state index contributed by atoms with van der Waals surface area (Å²) in [5, 5.41) is 0.569. The van der Waals surface area contributed by atoms with E-state index in [1.807, 2.05) is 6.08 Å². The summed E-state index contributed by atoms with van der Waals surface area (Å²) in [6, 6.07) is 3.57. The fourth-order valence-electron chi connectivity index (χ4n) is 2.66. The molecule has 0 aromatic heterocycles. The summed E-state index contributed by atoms with van der Waals surface area (Å²) in [5.74, 6) is -0.931. The Morgan fingerprint density at radius 1 is 1.12 bits per heavy atom. The average molecular weight is 438 g/mol. The minimum Gasteiger partial charge on any atom is -0.289 e. The van der Waals surface area contributed by atoms with E-state index in [4.69, 9.17) is 34.8 Å². The molecule has 2 aliphatic rings. The number of thioether (sulfide) groups is 1. The molecule has 1 heterocycles. The minimum absolute atomic E-state index is 0.0534. The molecular formula is C18H10Cl3F3OS. The highest BCUT2D eigenvalue weighted by Gasteiger charge is 2.37. The lowest BCUT2D eigenvalue weighted by Gasteiger charge is -2.16. The van der Waals surface area contributed by atoms with Crippen molar-refractivity contribution >= 4 is 57.9 Å². The van der Waals surface area contributed by atoms with Crippen LogP contribution in [0.3, 0.4) is 0 Å². The van der Waals surface area contributed by atoms with Gasteiger partial charge in [0.05, 0.1) is 10.5 Å². The van der Waals surface area contributed by atoms with E-state index in [0.29, 0.717) is 11.1 Å². The quantitative estimate of drug-likeness (QED) is 0.483. The number of benzene rings is 1. The molecule has 0 N–H and O–H groups in total. The maximum atomic E-state index is 13.5. The number of rotatable bonds is 3. The molecule has 0 fully saturated rings. The number of hydrogen-bond donors (Lipinski definition) is 0. The van der Waals surface area contributed by atoms with Gasteiger partial charge in [-0.2, -0.15) is 13.2 Å². The fourth-order valence-corrected chi connectivity index (χ4v) is 4.77. The van der Waals surface area contributed by atoms with Crippen molar-refractivity contribution in [3.8, 4) is 0 Å². The molecule has 1 aliphatic heterocycles. The predicted octanol–water partition coefficient (Wildman–Crippen LogP) is 6.82. The van der Waals surface area contributed by atoms with Crippen LogP contribution in [-0.2, 0) is 4.79 Å². The Kier molecular flexibility index (Phi) is 5.63. The second kappa shape index (κ2) is 7.47. The smallest absolute Gasteiger partial charge is 0.289 e. The molecule has 1 aromatic carbocycles. The van der Waals surface area contributed by atoms with Crippen molar-refractivity contribution < 1.29 is 18.0 Å². The van der Waals surface area contributed by atoms with Crippen LogP contribution in [-0.4, -0.2) is 17.2 Å². The zero-order valence-electron chi connectivity index (χ0n) is 12.9. The largest absolute Gasteiger partial charge is 0.417 e. The average Bonchev–Trinajstić information content (AvgIpc) is 2.96. The van der Waals surface area contributed by atoms with E-state index in [0.717, 1.165) is 12.1 Å². The Bertz CT molecular complexity index is 864. The van der Waals surface area contributed by atoms with Crippen molar-refractivity contribution in [2.75, 3.05) is 0 Å². The van der Waals surface area contributed by atoms with Gasteiger partial charge >= 0.3 is 6.18 Å². The molecule has 0 bridgehead atoms. The predicted molar refractivity (Wildman–Crippen MR) is 102 cm³/mol. The molecule has 26 heavy (non-hydrogen) atoms. The molecule has 1 aromatic rings. The third kappa shape index (κ3) is 4.22. The number of alkyl halides is 3. The Hall–Kier alpha value is -1.14. The number of fused-ring (bicyclic) bond motifs is 1. The van der Waals surface area contributed by atoms with Crippen molar-refractivity contribution in [1.82, 2.24) is 0 Å². The topological polar surface area (TPSA) is 17.1 Å². The molecule has 2 unspecified atom stereocenters. The monoisotopic (exact) mass is 436 g/mol. The Morgan fingerprint density at radius 2 is 1.77 bits per heavy atom. The lowest BCUT2D eigenvalue weighted by atomic mass is 9.98. The highest BCUT2D eigenvalue weighted by Crippen LogP contribution is 2.45. The second-order valence-corrected chi connectivity index (χ2v) is 8.18. The van der Waals surface area contributed by atoms with Crippen molar-refractivity contribution in [2.24, 2.45) is 5.92 Å². The summed E-state index contributed by atoms with van der Waals surface area (Å²) in [7, 11) is 0. The number of allylic oxidation sites excluding steroid dienone is 7. The molecule has 0 radical (unpaired) electrons. The van der Waals surface area contributed by atoms with Gasteiger partial charge in [-0.25, -0.2) is 0 Å². The molecule has 0 spiro atoms. The highest BCUT2D eigenvalue weighted by atomic mass is 35.5. The summed E-state index contributed by atoms with van der Waals surface area (Å²) < 4.78 is 40.5. The molecule has 0 saturated heterocycles. The highest BCUT2D eigenvalue weighted by molar-refractivity contribution is 8.05. The molecule has 0 saturated carbocycles. The van der Waals surface area contributed by atoms with Gasteiger partial charge in [-0.05, 0) is 35.9 Å². The lowest BCUT2D eigenvalue weighted by molar-refractivity contribution is -0.111. The van der Waals surface area contributed by atoms with Crippen LogP contribution in [0.4, 0.5) is 13.2 Å². The van der Waals surface area contributed by atoms with E-state index in [1.165, 1.54) is 17.8 Å². The van der Waals surface area contributed by atoms with Gasteiger partial charge in [0.2, 0.25) is 0 Å². The van der Waals surface area contributed by atoms with Crippen LogP contribution in [0.5, 0.6) is 0 Å². The van der Waals surface area contributed by atoms with Crippen LogP contribution in [0.15, 0.2) is 58.5 Å². The van der Waals surface area contributed by atoms with Gasteiger partial charge in [-0.15, -0.1) is 11.8 Å². The number of ketones is 1. The first kappa shape index (κ1) is 19.6. The zero-order chi connectivity index (χ0) is 19.1. The molecule has 1 aliphatic carbocycles. The molecule has 136 valence electrons. The van der Waals surface area contributed by atoms with E-state index < -0.39 is 17.5 Å². The van der Waals surface area contributed by atoms with Crippen molar-refractivity contribution in [1.29, 1.82) is 0 Å². The fraction of sp³-hybridized carbons (Fsp3) is 0.167. The van der Waals surface area contributed by atoms with E-state index in [2.05, 4.69) is 0 Å². The first-order chi connectivity index (χ1) is 12.1. The van der Waals surface area contributed by atoms with E-state index in [9.17, 15) is 18.0 Å². The Morgan fingerprint density at radius 3 is 2.35 bits per heavy atom. The molecular weight excluding hydrogens is 428 g/mol. The van der Waals surface area contributed by atoms with Crippen molar-refractivity contribution in [3.05, 3.63) is 74.1 Å². The van der Waals surface area contributed by atoms with Crippen molar-refractivity contribution in [2.45, 2.75) is 11.4 Å². The summed E-state index contributed by atoms with van der Waals surface area (Å²) >= 11 is 18.9. The zero-order valence-corrected chi connectivity index (χ0v) is 15.9. The normalized spacial score (nSPS) is 22.8. The standard InChI is InChI=1S/C18H10Cl3F3OS/c19-10-4-9(5-11(20)6-10)13(18(22,23)24)8-15(25)17-7-12-14(21)2-1-3-16(12)26-17/h1-8,12,16H/b13-8+. The second-order valence-electron chi connectivity index (χ2n) is 5.65. The Labute approximate surface area is 167 Å². The van der Waals surface area contributed by atoms with Gasteiger partial charge in [0, 0.05) is 26.2 Å². The maximum absolute atomic E-state index is 13.5. The molecule has 1 nitrogen and oxygen atoms in total. The summed E-state index contributed by atoms with van der Waals surface area (Å²) in [6.07, 6.45) is 2.79. The van der Waals surface area contributed by atoms with E-state index in [1.54, 1.807) is 18.2 Å². The van der Waals surface area contributed by atoms with E-state index >= 15 is 0 Å². The van der Waals surface area contributed by atoms with Gasteiger partial charge in [0.25, 0.3) is 0 Å². The van der Waals surface area contributed by atoms with Crippen LogP contribution in [0, 0.1) is 5.92 Å². The molecule has 0 amide bonds. The summed E-state index contributed by atoms with van der Waals surface area (Å²) in [4.78, 5) is 12.7. The first-order valence-electron chi connectivity index (χ1n) is 7.37. The van der Waals surface area contributed by atoms with Gasteiger partial charge in [-0.1, -0.05) is 53.0 Å². The molecule has 2 atom stereocenters. The third-order valence-corrected chi connectivity index (χ3v) is 5.95. The Balaban J connectivity index is 1.96. The minimum atomic E-state index is -4.74. The van der Waals surface area contributed by atoms with E-state index in [-0.39, 0.29) is 31.7 Å². The molecule has 3 rings (SSSR count). The third-order valence-electron chi connectivity index (χ3n) is 3.82. The van der Waals surface area contributed by atoms with Crippen LogP contribution < -0.4 is 0 Å². The summed E-state index contributed by atoms with van der Waals surface area (Å²) in [6.45, 7) is 0. The van der Waals surface area contributed by atoms with Gasteiger partial charge < -0.3 is 0 Å². The number of carbonyl (C=O) groups excluding carboxylic acids is 1. The van der Waals surface area contributed by atoms with Gasteiger partial charge in [0.1, 0.15) is 0 Å². The van der Waals surface area contributed by atoms with Crippen molar-refractivity contribution in [3.63, 3.8) is 0 Å². The van der Waals surface area contributed by atoms with Gasteiger partial charge in [0.15, 0.2) is 5.78 Å². The van der Waals surface area contributed by atoms with Gasteiger partial charge in [-0.3, -0.25) is 4.79 Å².